The number of nitrogens with one attached hydrogen (secondary N) is 1. The summed E-state index contributed by atoms with van der Waals surface area (Å²) in [5.41, 5.74) is 5.81. The third-order valence-corrected chi connectivity index (χ3v) is 8.22. The first-order valence-electron chi connectivity index (χ1n) is 13.4. The molecular weight excluding hydrogens is 514 g/mol. The number of fused-ring (bicyclic) bond motifs is 2. The van der Waals surface area contributed by atoms with Gasteiger partial charge in [0.1, 0.15) is 0 Å². The molecule has 1 aromatic heterocycles. The number of aliphatic hydroxyl groups is 1. The van der Waals surface area contributed by atoms with Crippen LogP contribution in [0.3, 0.4) is 0 Å². The van der Waals surface area contributed by atoms with Gasteiger partial charge in [0.25, 0.3) is 0 Å². The minimum Gasteiger partial charge on any atom is -0.481 e. The summed E-state index contributed by atoms with van der Waals surface area (Å²) in [5, 5.41) is 25.6. The molecule has 0 radical (unpaired) electrons. The topological polar surface area (TPSA) is 94.9 Å². The fourth-order valence-corrected chi connectivity index (χ4v) is 5.91. The third kappa shape index (κ3) is 6.34. The van der Waals surface area contributed by atoms with E-state index in [2.05, 4.69) is 33.4 Å². The Labute approximate surface area is 233 Å². The minimum absolute atomic E-state index is 0.416. The number of rotatable bonds is 9. The van der Waals surface area contributed by atoms with Gasteiger partial charge in [-0.25, -0.2) is 9.78 Å². The number of methoxy groups -OCH3 is 1. The van der Waals surface area contributed by atoms with Crippen molar-refractivity contribution >= 4 is 39.6 Å². The van der Waals surface area contributed by atoms with Crippen LogP contribution in [0.4, 0.5) is 0 Å². The summed E-state index contributed by atoms with van der Waals surface area (Å²) in [5.74, 6) is -0.575. The number of ether oxygens (including phenoxy) is 1. The van der Waals surface area contributed by atoms with Crippen LogP contribution in [0.1, 0.15) is 47.6 Å². The summed E-state index contributed by atoms with van der Waals surface area (Å²) in [6.07, 6.45) is 5.94. The smallest absolute Gasteiger partial charge is 0.328 e. The molecule has 1 fully saturated rings. The number of hydrogen-bond donors (Lipinski definition) is 3. The van der Waals surface area contributed by atoms with Crippen LogP contribution in [0.5, 0.6) is 5.88 Å². The Morgan fingerprint density at radius 2 is 1.97 bits per heavy atom. The Hall–Kier alpha value is -3.23. The zero-order valence-corrected chi connectivity index (χ0v) is 22.8. The van der Waals surface area contributed by atoms with Crippen LogP contribution in [-0.4, -0.2) is 65.4 Å². The molecule has 0 amide bonds. The van der Waals surface area contributed by atoms with Crippen molar-refractivity contribution in [2.45, 2.75) is 37.8 Å². The van der Waals surface area contributed by atoms with Crippen LogP contribution in [0.2, 0.25) is 0 Å². The fourth-order valence-electron chi connectivity index (χ4n) is 5.57. The van der Waals surface area contributed by atoms with E-state index in [1.807, 2.05) is 24.3 Å². The Balaban J connectivity index is 1.21. The number of aliphatic hydroxyl groups excluding tert-OH is 1. The second-order valence-electron chi connectivity index (χ2n) is 10.2. The van der Waals surface area contributed by atoms with Crippen LogP contribution < -0.4 is 10.1 Å². The highest BCUT2D eigenvalue weighted by atomic mass is 35.5. The van der Waals surface area contributed by atoms with Gasteiger partial charge in [0.05, 0.1) is 18.7 Å². The van der Waals surface area contributed by atoms with Crippen molar-refractivity contribution in [3.63, 3.8) is 0 Å². The lowest BCUT2D eigenvalue weighted by atomic mass is 9.91. The van der Waals surface area contributed by atoms with Crippen LogP contribution in [-0.2, 0) is 11.2 Å². The van der Waals surface area contributed by atoms with E-state index in [-0.39, 0.29) is 0 Å². The highest BCUT2D eigenvalue weighted by molar-refractivity contribution is 6.49. The molecule has 7 nitrogen and oxygen atoms in total. The van der Waals surface area contributed by atoms with Crippen molar-refractivity contribution in [2.75, 3.05) is 33.3 Å². The van der Waals surface area contributed by atoms with Crippen molar-refractivity contribution in [2.24, 2.45) is 0 Å². The van der Waals surface area contributed by atoms with E-state index >= 15 is 0 Å². The van der Waals surface area contributed by atoms with Gasteiger partial charge in [-0.2, -0.15) is 0 Å². The molecule has 5 rings (SSSR count). The van der Waals surface area contributed by atoms with Crippen molar-refractivity contribution in [1.29, 1.82) is 0 Å². The highest BCUT2D eigenvalue weighted by Gasteiger charge is 2.24. The molecule has 8 heteroatoms. The maximum Gasteiger partial charge on any atom is 0.328 e. The lowest BCUT2D eigenvalue weighted by molar-refractivity contribution is -0.131. The molecule has 1 saturated heterocycles. The maximum absolute atomic E-state index is 11.2. The number of carboxylic acids is 1. The Morgan fingerprint density at radius 1 is 1.18 bits per heavy atom. The van der Waals surface area contributed by atoms with Crippen molar-refractivity contribution in [3.8, 4) is 5.88 Å². The number of carbonyl (C=O) groups is 1. The molecule has 1 atom stereocenters. The maximum atomic E-state index is 11.2. The van der Waals surface area contributed by atoms with Crippen LogP contribution >= 0.6 is 11.6 Å². The third-order valence-electron chi connectivity index (χ3n) is 7.75. The molecule has 3 N–H and O–H groups in total. The van der Waals surface area contributed by atoms with Gasteiger partial charge in [-0.15, -0.1) is 0 Å². The summed E-state index contributed by atoms with van der Waals surface area (Å²) in [6.45, 7) is 3.08. The van der Waals surface area contributed by atoms with E-state index in [9.17, 15) is 9.90 Å². The first-order chi connectivity index (χ1) is 18.9. The zero-order valence-electron chi connectivity index (χ0n) is 22.1. The van der Waals surface area contributed by atoms with Gasteiger partial charge in [0, 0.05) is 47.3 Å². The number of hydrogen-bond acceptors (Lipinski definition) is 6. The monoisotopic (exact) mass is 547 g/mol. The first kappa shape index (κ1) is 27.3. The molecule has 1 aliphatic heterocycles. The number of β-amino-alcohol motifs (C(OH)–C–C–N with tert-alkyl or cyclic N) is 1. The molecule has 0 saturated carbocycles. The number of pyridine rings is 1. The van der Waals surface area contributed by atoms with Crippen molar-refractivity contribution < 1.29 is 19.7 Å². The van der Waals surface area contributed by atoms with Crippen LogP contribution in [0.15, 0.2) is 60.2 Å². The van der Waals surface area contributed by atoms with Crippen LogP contribution in [0.25, 0.3) is 22.0 Å². The van der Waals surface area contributed by atoms with Crippen LogP contribution in [0, 0.1) is 0 Å². The van der Waals surface area contributed by atoms with E-state index < -0.39 is 12.1 Å². The first-order valence-corrected chi connectivity index (χ1v) is 13.8. The second-order valence-corrected chi connectivity index (χ2v) is 10.6. The average Bonchev–Trinajstić information content (AvgIpc) is 2.96. The van der Waals surface area contributed by atoms with Gasteiger partial charge in [0.15, 0.2) is 0 Å². The summed E-state index contributed by atoms with van der Waals surface area (Å²) in [4.78, 5) is 17.9. The Morgan fingerprint density at radius 3 is 2.74 bits per heavy atom. The molecular formula is C31H34ClN3O4. The number of likely N-dealkylation sites (tertiary alicyclic amines) is 1. The molecule has 1 unspecified atom stereocenters. The summed E-state index contributed by atoms with van der Waals surface area (Å²) >= 11 is 6.73. The van der Waals surface area contributed by atoms with Gasteiger partial charge in [-0.3, -0.25) is 0 Å². The molecule has 2 aliphatic rings. The molecule has 0 spiro atoms. The lowest BCUT2D eigenvalue weighted by Gasteiger charge is -2.34. The van der Waals surface area contributed by atoms with E-state index in [1.165, 1.54) is 11.1 Å². The number of benzene rings is 2. The summed E-state index contributed by atoms with van der Waals surface area (Å²) in [7, 11) is 1.55. The molecule has 39 heavy (non-hydrogen) atoms. The molecule has 1 aliphatic carbocycles. The number of aromatic nitrogens is 1. The second kappa shape index (κ2) is 12.3. The van der Waals surface area contributed by atoms with E-state index in [1.54, 1.807) is 19.3 Å². The van der Waals surface area contributed by atoms with Gasteiger partial charge >= 0.3 is 5.97 Å². The van der Waals surface area contributed by atoms with Crippen molar-refractivity contribution in [1.82, 2.24) is 15.2 Å². The van der Waals surface area contributed by atoms with E-state index in [4.69, 9.17) is 21.4 Å². The molecule has 2 aromatic carbocycles. The Kier molecular flexibility index (Phi) is 8.63. The standard InChI is InChI=1S/C31H34ClN3O4/c1-39-28-12-11-25-21(9-13-29(37)38)8-10-26(31(25)34-28)27(36)19-35-16-14-23(15-17-35)33-18-22-7-6-20-4-2-3-5-24(20)30(22)32/h2-5,8-13,23,27,33,36H,6-7,14-19H2,1H3,(H,37,38)/b13-9+. The van der Waals surface area contributed by atoms with Gasteiger partial charge in [0.2, 0.25) is 5.88 Å². The van der Waals surface area contributed by atoms with E-state index in [0.717, 1.165) is 72.9 Å². The predicted octanol–water partition coefficient (Wildman–Crippen LogP) is 5.02. The van der Waals surface area contributed by atoms with Gasteiger partial charge in [-0.05, 0) is 73.2 Å². The number of halogens is 1. The quantitative estimate of drug-likeness (QED) is 0.324. The summed E-state index contributed by atoms with van der Waals surface area (Å²) < 4.78 is 5.31. The molecule has 0 bridgehead atoms. The molecule has 2 heterocycles. The lowest BCUT2D eigenvalue weighted by Crippen LogP contribution is -2.44. The Bertz CT molecular complexity index is 1410. The number of nitrogens with zero attached hydrogens (tertiary/aromatic N) is 2. The molecule has 204 valence electrons. The SMILES string of the molecule is COc1ccc2c(/C=C/C(=O)O)ccc(C(O)CN3CCC(NCC4=C(Cl)c5ccccc5CC4)CC3)c2n1. The number of aryl methyl sites for hydroxylation is 1. The normalized spacial score (nSPS) is 17.5. The zero-order chi connectivity index (χ0) is 27.4. The highest BCUT2D eigenvalue weighted by Crippen LogP contribution is 2.34. The fraction of sp³-hybridized carbons (Fsp3) is 0.355. The number of piperidine rings is 1. The van der Waals surface area contributed by atoms with Gasteiger partial charge in [-0.1, -0.05) is 48.0 Å². The average molecular weight is 548 g/mol. The molecule has 3 aromatic rings. The minimum atomic E-state index is -1.02. The van der Waals surface area contributed by atoms with Gasteiger partial charge < -0.3 is 25.2 Å². The summed E-state index contributed by atoms with van der Waals surface area (Å²) in [6, 6.07) is 16.0. The predicted molar refractivity (Wildman–Crippen MR) is 155 cm³/mol. The number of carboxylic acid groups (broad SMARTS) is 1. The largest absolute Gasteiger partial charge is 0.481 e. The number of aliphatic carboxylic acids is 1. The van der Waals surface area contributed by atoms with Crippen molar-refractivity contribution in [3.05, 3.63) is 82.4 Å². The van der Waals surface area contributed by atoms with E-state index in [0.29, 0.717) is 29.5 Å².